The first-order chi connectivity index (χ1) is 16.4. The van der Waals surface area contributed by atoms with Gasteiger partial charge in [0.2, 0.25) is 11.8 Å². The number of furan rings is 1. The lowest BCUT2D eigenvalue weighted by molar-refractivity contribution is 0.262. The van der Waals surface area contributed by atoms with E-state index in [0.717, 1.165) is 6.54 Å². The summed E-state index contributed by atoms with van der Waals surface area (Å²) in [5.74, 6) is -0.861. The van der Waals surface area contributed by atoms with Gasteiger partial charge in [-0.2, -0.15) is 9.50 Å². The average molecular weight is 472 g/mol. The van der Waals surface area contributed by atoms with Crippen molar-refractivity contribution in [1.29, 1.82) is 0 Å². The third kappa shape index (κ3) is 4.23. The Bertz CT molecular complexity index is 1280. The minimum absolute atomic E-state index is 0.173. The summed E-state index contributed by atoms with van der Waals surface area (Å²) in [6, 6.07) is 6.75. The van der Waals surface area contributed by atoms with Crippen LogP contribution in [0.25, 0.3) is 17.2 Å². The number of rotatable bonds is 6. The van der Waals surface area contributed by atoms with Crippen LogP contribution in [0.3, 0.4) is 0 Å². The van der Waals surface area contributed by atoms with E-state index in [-0.39, 0.29) is 11.6 Å². The van der Waals surface area contributed by atoms with Gasteiger partial charge in [-0.05, 0) is 12.1 Å². The number of halogens is 3. The molecule has 1 fully saturated rings. The number of nitrogens with zero attached hydrogens (tertiary/aromatic N) is 7. The van der Waals surface area contributed by atoms with Crippen LogP contribution in [0, 0.1) is 17.5 Å². The molecule has 0 atom stereocenters. The first-order valence-electron chi connectivity index (χ1n) is 10.8. The van der Waals surface area contributed by atoms with Gasteiger partial charge in [0, 0.05) is 64.5 Å². The first-order valence-corrected chi connectivity index (χ1v) is 10.8. The van der Waals surface area contributed by atoms with Crippen molar-refractivity contribution in [3.63, 3.8) is 0 Å². The fourth-order valence-electron chi connectivity index (χ4n) is 4.04. The Morgan fingerprint density at radius 3 is 2.47 bits per heavy atom. The molecular weight excluding hydrogens is 449 g/mol. The highest BCUT2D eigenvalue weighted by atomic mass is 19.1. The van der Waals surface area contributed by atoms with Crippen LogP contribution < -0.4 is 15.5 Å². The standard InChI is InChI=1S/C22H23F3N8O/c1-30(18-13-19-27-21(17-3-2-10-34-17)29-33(19)22(26)28-18)4-5-31-6-8-32(9-7-31)20-15(24)11-14(23)12-16(20)25/h2-3,10-13H,4-9H2,1H3,(H2,26,28). The van der Waals surface area contributed by atoms with Gasteiger partial charge in [0.15, 0.2) is 23.0 Å². The Balaban J connectivity index is 1.21. The van der Waals surface area contributed by atoms with E-state index in [1.54, 1.807) is 29.4 Å². The molecule has 0 aliphatic carbocycles. The van der Waals surface area contributed by atoms with Crippen LogP contribution in [0.5, 0.6) is 0 Å². The molecule has 12 heteroatoms. The van der Waals surface area contributed by atoms with Crippen LogP contribution in [0.2, 0.25) is 0 Å². The first kappa shape index (κ1) is 22.0. The minimum atomic E-state index is -0.920. The lowest BCUT2D eigenvalue weighted by Gasteiger charge is -2.37. The molecule has 9 nitrogen and oxygen atoms in total. The summed E-state index contributed by atoms with van der Waals surface area (Å²) in [6.45, 7) is 3.49. The second kappa shape index (κ2) is 8.86. The maximum Gasteiger partial charge on any atom is 0.225 e. The number of likely N-dealkylation sites (N-methyl/N-ethyl adjacent to an activating group) is 1. The fraction of sp³-hybridized carbons (Fsp3) is 0.318. The quantitative estimate of drug-likeness (QED) is 0.458. The predicted molar refractivity (Wildman–Crippen MR) is 121 cm³/mol. The average Bonchev–Trinajstić information content (AvgIpc) is 3.48. The number of fused-ring (bicyclic) bond motifs is 1. The van der Waals surface area contributed by atoms with E-state index in [0.29, 0.717) is 67.9 Å². The number of aromatic nitrogens is 4. The van der Waals surface area contributed by atoms with E-state index in [1.807, 2.05) is 11.9 Å². The molecule has 0 spiro atoms. The molecule has 4 aromatic rings. The highest BCUT2D eigenvalue weighted by Crippen LogP contribution is 2.26. The molecule has 0 saturated carbocycles. The molecule has 5 rings (SSSR count). The summed E-state index contributed by atoms with van der Waals surface area (Å²) in [5.41, 5.74) is 6.48. The van der Waals surface area contributed by atoms with Crippen LogP contribution >= 0.6 is 0 Å². The highest BCUT2D eigenvalue weighted by molar-refractivity contribution is 5.59. The van der Waals surface area contributed by atoms with Gasteiger partial charge in [-0.3, -0.25) is 4.90 Å². The summed E-state index contributed by atoms with van der Waals surface area (Å²) in [6.07, 6.45) is 1.55. The number of nitrogen functional groups attached to an aromatic ring is 1. The second-order valence-corrected chi connectivity index (χ2v) is 8.12. The molecule has 1 saturated heterocycles. The van der Waals surface area contributed by atoms with E-state index in [4.69, 9.17) is 10.2 Å². The number of benzene rings is 1. The number of hydrogen-bond donors (Lipinski definition) is 1. The van der Waals surface area contributed by atoms with Crippen molar-refractivity contribution < 1.29 is 17.6 Å². The highest BCUT2D eigenvalue weighted by Gasteiger charge is 2.23. The largest absolute Gasteiger partial charge is 0.461 e. The third-order valence-electron chi connectivity index (χ3n) is 5.89. The van der Waals surface area contributed by atoms with Crippen molar-refractivity contribution in [2.45, 2.75) is 0 Å². The fourth-order valence-corrected chi connectivity index (χ4v) is 4.04. The van der Waals surface area contributed by atoms with E-state index >= 15 is 0 Å². The topological polar surface area (TPSA) is 92.0 Å². The Kier molecular flexibility index (Phi) is 5.74. The maximum absolute atomic E-state index is 14.1. The van der Waals surface area contributed by atoms with Gasteiger partial charge >= 0.3 is 0 Å². The van der Waals surface area contributed by atoms with Gasteiger partial charge in [0.05, 0.1) is 6.26 Å². The Labute approximate surface area is 193 Å². The number of hydrogen-bond acceptors (Lipinski definition) is 8. The van der Waals surface area contributed by atoms with Crippen LogP contribution in [-0.2, 0) is 0 Å². The molecule has 4 heterocycles. The number of anilines is 3. The summed E-state index contributed by atoms with van der Waals surface area (Å²) in [7, 11) is 1.90. The lowest BCUT2D eigenvalue weighted by atomic mass is 10.2. The van der Waals surface area contributed by atoms with Gasteiger partial charge in [-0.25, -0.2) is 18.2 Å². The SMILES string of the molecule is CN(CCN1CCN(c2c(F)cc(F)cc2F)CC1)c1cc2nc(-c3ccco3)nn2c(N)n1. The Morgan fingerprint density at radius 1 is 1.06 bits per heavy atom. The Hall–Kier alpha value is -3.80. The summed E-state index contributed by atoms with van der Waals surface area (Å²) < 4.78 is 48.2. The zero-order chi connectivity index (χ0) is 23.8. The molecule has 1 aliphatic rings. The third-order valence-corrected chi connectivity index (χ3v) is 5.89. The van der Waals surface area contributed by atoms with Crippen LogP contribution in [0.4, 0.5) is 30.6 Å². The van der Waals surface area contributed by atoms with Crippen molar-refractivity contribution in [2.24, 2.45) is 0 Å². The van der Waals surface area contributed by atoms with E-state index in [2.05, 4.69) is 20.0 Å². The molecule has 0 radical (unpaired) electrons. The summed E-state index contributed by atoms with van der Waals surface area (Å²) in [4.78, 5) is 14.7. The lowest BCUT2D eigenvalue weighted by Crippen LogP contribution is -2.48. The number of nitrogens with two attached hydrogens (primary N) is 1. The molecule has 0 unspecified atom stereocenters. The van der Waals surface area contributed by atoms with Gasteiger partial charge in [-0.1, -0.05) is 0 Å². The molecule has 178 valence electrons. The van der Waals surface area contributed by atoms with Crippen molar-refractivity contribution in [3.05, 3.63) is 54.0 Å². The summed E-state index contributed by atoms with van der Waals surface area (Å²) in [5, 5.41) is 4.34. The normalized spacial score (nSPS) is 14.8. The Morgan fingerprint density at radius 2 is 1.79 bits per heavy atom. The molecule has 1 aliphatic heterocycles. The predicted octanol–water partition coefficient (Wildman–Crippen LogP) is 2.64. The molecule has 3 aromatic heterocycles. The maximum atomic E-state index is 14.1. The van der Waals surface area contributed by atoms with Crippen molar-refractivity contribution in [3.8, 4) is 11.6 Å². The van der Waals surface area contributed by atoms with Crippen LogP contribution in [0.15, 0.2) is 41.0 Å². The van der Waals surface area contributed by atoms with Gasteiger partial charge in [0.25, 0.3) is 0 Å². The van der Waals surface area contributed by atoms with E-state index < -0.39 is 17.5 Å². The van der Waals surface area contributed by atoms with Crippen molar-refractivity contribution in [2.75, 3.05) is 61.8 Å². The van der Waals surface area contributed by atoms with Crippen LogP contribution in [0.1, 0.15) is 0 Å². The van der Waals surface area contributed by atoms with Crippen molar-refractivity contribution >= 4 is 23.1 Å². The summed E-state index contributed by atoms with van der Waals surface area (Å²) >= 11 is 0. The van der Waals surface area contributed by atoms with Gasteiger partial charge < -0.3 is 20.0 Å². The van der Waals surface area contributed by atoms with Crippen molar-refractivity contribution in [1.82, 2.24) is 24.5 Å². The van der Waals surface area contributed by atoms with Gasteiger partial charge in [0.1, 0.15) is 17.3 Å². The zero-order valence-electron chi connectivity index (χ0n) is 18.5. The van der Waals surface area contributed by atoms with Gasteiger partial charge in [-0.15, -0.1) is 5.10 Å². The molecule has 0 amide bonds. The van der Waals surface area contributed by atoms with E-state index in [9.17, 15) is 13.2 Å². The molecule has 0 bridgehead atoms. The van der Waals surface area contributed by atoms with Crippen LogP contribution in [-0.4, -0.2) is 70.8 Å². The molecule has 34 heavy (non-hydrogen) atoms. The number of piperazine rings is 1. The second-order valence-electron chi connectivity index (χ2n) is 8.12. The monoisotopic (exact) mass is 472 g/mol. The van der Waals surface area contributed by atoms with E-state index in [1.165, 1.54) is 4.52 Å². The minimum Gasteiger partial charge on any atom is -0.461 e. The molecule has 2 N–H and O–H groups in total. The zero-order valence-corrected chi connectivity index (χ0v) is 18.5. The molecular formula is C22H23F3N8O. The smallest absolute Gasteiger partial charge is 0.225 e. The molecule has 1 aromatic carbocycles.